The Morgan fingerprint density at radius 1 is 1.17 bits per heavy atom. The molecule has 3 aliphatic rings. The summed E-state index contributed by atoms with van der Waals surface area (Å²) in [7, 11) is 3.65. The fourth-order valence-electron chi connectivity index (χ4n) is 4.68. The molecule has 0 saturated carbocycles. The molecule has 156 valence electrons. The van der Waals surface area contributed by atoms with E-state index in [1.165, 1.54) is 10.4 Å². The van der Waals surface area contributed by atoms with Crippen LogP contribution >= 0.6 is 11.3 Å². The minimum Gasteiger partial charge on any atom is -0.497 e. The van der Waals surface area contributed by atoms with E-state index in [9.17, 15) is 14.4 Å². The second-order valence-electron chi connectivity index (χ2n) is 8.37. The Morgan fingerprint density at radius 3 is 2.73 bits per heavy atom. The summed E-state index contributed by atoms with van der Waals surface area (Å²) in [6.07, 6.45) is 1.01. The van der Waals surface area contributed by atoms with Crippen molar-refractivity contribution in [3.63, 3.8) is 0 Å². The van der Waals surface area contributed by atoms with E-state index in [-0.39, 0.29) is 30.7 Å². The maximum atomic E-state index is 13.1. The molecule has 1 aromatic heterocycles. The van der Waals surface area contributed by atoms with E-state index in [0.29, 0.717) is 17.9 Å². The highest BCUT2D eigenvalue weighted by Gasteiger charge is 2.52. The molecular weight excluding hydrogens is 402 g/mol. The van der Waals surface area contributed by atoms with Crippen LogP contribution < -0.4 is 10.1 Å². The first-order chi connectivity index (χ1) is 14.4. The minimum absolute atomic E-state index is 0.0739. The highest BCUT2D eigenvalue weighted by molar-refractivity contribution is 7.12. The molecule has 1 N–H and O–H groups in total. The summed E-state index contributed by atoms with van der Waals surface area (Å²) < 4.78 is 5.25. The molecule has 30 heavy (non-hydrogen) atoms. The molecule has 1 aromatic carbocycles. The van der Waals surface area contributed by atoms with E-state index < -0.39 is 5.41 Å². The second-order valence-corrected chi connectivity index (χ2v) is 9.50. The standard InChI is InChI=1S/C22H23N3O4S/c1-24-6-5-17-14(10-24)7-18(30-17)22(9-19(26)23-21(22)28)12-25-11-13-3-4-15(29-2)8-16(13)20(25)27/h3-4,7-8H,5-6,9-12H2,1-2H3,(H,23,26,28)/t22-/m1/s1. The van der Waals surface area contributed by atoms with Crippen LogP contribution in [0.5, 0.6) is 5.75 Å². The monoisotopic (exact) mass is 425 g/mol. The molecule has 0 bridgehead atoms. The van der Waals surface area contributed by atoms with E-state index in [2.05, 4.69) is 23.3 Å². The van der Waals surface area contributed by atoms with Crippen LogP contribution in [0.4, 0.5) is 0 Å². The van der Waals surface area contributed by atoms with Gasteiger partial charge in [0.05, 0.1) is 7.11 Å². The summed E-state index contributed by atoms with van der Waals surface area (Å²) in [5.41, 5.74) is 1.70. The number of methoxy groups -OCH3 is 1. The van der Waals surface area contributed by atoms with Gasteiger partial charge in [-0.25, -0.2) is 0 Å². The van der Waals surface area contributed by atoms with Crippen LogP contribution in [0.1, 0.15) is 37.7 Å². The van der Waals surface area contributed by atoms with Crippen molar-refractivity contribution in [1.82, 2.24) is 15.1 Å². The predicted molar refractivity (Wildman–Crippen MR) is 112 cm³/mol. The lowest BCUT2D eigenvalue weighted by Crippen LogP contribution is -2.45. The number of ether oxygens (including phenoxy) is 1. The maximum absolute atomic E-state index is 13.1. The van der Waals surface area contributed by atoms with E-state index in [1.54, 1.807) is 29.4 Å². The van der Waals surface area contributed by atoms with Gasteiger partial charge in [0.1, 0.15) is 11.2 Å². The van der Waals surface area contributed by atoms with E-state index >= 15 is 0 Å². The highest BCUT2D eigenvalue weighted by atomic mass is 32.1. The number of hydrogen-bond acceptors (Lipinski definition) is 6. The zero-order chi connectivity index (χ0) is 21.0. The van der Waals surface area contributed by atoms with Crippen LogP contribution in [0.25, 0.3) is 0 Å². The van der Waals surface area contributed by atoms with E-state index in [4.69, 9.17) is 4.74 Å². The molecule has 1 atom stereocenters. The van der Waals surface area contributed by atoms with Crippen molar-refractivity contribution in [1.29, 1.82) is 0 Å². The Labute approximate surface area is 178 Å². The molecule has 1 saturated heterocycles. The van der Waals surface area contributed by atoms with Crippen LogP contribution in [0, 0.1) is 0 Å². The van der Waals surface area contributed by atoms with Crippen LogP contribution in [0.3, 0.4) is 0 Å². The summed E-state index contributed by atoms with van der Waals surface area (Å²) in [4.78, 5) is 44.5. The van der Waals surface area contributed by atoms with Gasteiger partial charge in [0, 0.05) is 47.9 Å². The Bertz CT molecular complexity index is 1080. The van der Waals surface area contributed by atoms with Gasteiger partial charge >= 0.3 is 0 Å². The number of amides is 3. The van der Waals surface area contributed by atoms with Gasteiger partial charge in [-0.1, -0.05) is 6.07 Å². The molecular formula is C22H23N3O4S. The first kappa shape index (κ1) is 19.3. The number of fused-ring (bicyclic) bond motifs is 2. The number of hydrogen-bond donors (Lipinski definition) is 1. The normalized spacial score (nSPS) is 23.5. The fourth-order valence-corrected chi connectivity index (χ4v) is 6.02. The number of nitrogens with one attached hydrogen (secondary N) is 1. The number of carbonyl (C=O) groups is 3. The topological polar surface area (TPSA) is 79.0 Å². The number of carbonyl (C=O) groups excluding carboxylic acids is 3. The first-order valence-corrected chi connectivity index (χ1v) is 10.8. The number of likely N-dealkylation sites (N-methyl/N-ethyl adjacent to an activating group) is 1. The quantitative estimate of drug-likeness (QED) is 0.755. The third-order valence-corrected chi connectivity index (χ3v) is 7.78. The maximum Gasteiger partial charge on any atom is 0.254 e. The summed E-state index contributed by atoms with van der Waals surface area (Å²) >= 11 is 1.62. The third-order valence-electron chi connectivity index (χ3n) is 6.34. The fraction of sp³-hybridized carbons (Fsp3) is 0.409. The number of imide groups is 1. The smallest absolute Gasteiger partial charge is 0.254 e. The van der Waals surface area contributed by atoms with Crippen molar-refractivity contribution in [2.45, 2.75) is 31.3 Å². The largest absolute Gasteiger partial charge is 0.497 e. The molecule has 0 spiro atoms. The molecule has 4 heterocycles. The summed E-state index contributed by atoms with van der Waals surface area (Å²) in [5.74, 6) is -0.0888. The lowest BCUT2D eigenvalue weighted by molar-refractivity contribution is -0.126. The molecule has 3 amide bonds. The van der Waals surface area contributed by atoms with Crippen molar-refractivity contribution in [3.05, 3.63) is 50.7 Å². The number of rotatable bonds is 4. The SMILES string of the molecule is COc1ccc2c(c1)C(=O)N(C[C@@]1(c3cc4c(s3)CCN(C)C4)CC(=O)NC1=O)C2. The van der Waals surface area contributed by atoms with E-state index in [1.807, 2.05) is 12.1 Å². The van der Waals surface area contributed by atoms with Gasteiger partial charge in [-0.3, -0.25) is 19.7 Å². The Morgan fingerprint density at radius 2 is 2.00 bits per heavy atom. The first-order valence-electron chi connectivity index (χ1n) is 10.0. The van der Waals surface area contributed by atoms with Crippen LogP contribution in [0.2, 0.25) is 0 Å². The number of thiophene rings is 1. The van der Waals surface area contributed by atoms with Crippen molar-refractivity contribution in [2.24, 2.45) is 0 Å². The average molecular weight is 426 g/mol. The Hall–Kier alpha value is -2.71. The third kappa shape index (κ3) is 2.94. The van der Waals surface area contributed by atoms with Gasteiger partial charge in [-0.05, 0) is 42.8 Å². The second kappa shape index (κ2) is 6.92. The van der Waals surface area contributed by atoms with Crippen LogP contribution in [0.15, 0.2) is 24.3 Å². The molecule has 0 aliphatic carbocycles. The average Bonchev–Trinajstić information content (AvgIpc) is 3.36. The molecule has 5 rings (SSSR count). The zero-order valence-corrected chi connectivity index (χ0v) is 17.8. The summed E-state index contributed by atoms with van der Waals surface area (Å²) in [6.45, 7) is 2.43. The van der Waals surface area contributed by atoms with Crippen LogP contribution in [-0.2, 0) is 34.5 Å². The Balaban J connectivity index is 1.50. The van der Waals surface area contributed by atoms with Gasteiger partial charge in [-0.15, -0.1) is 11.3 Å². The molecule has 0 radical (unpaired) electrons. The Kier molecular flexibility index (Phi) is 4.44. The number of nitrogens with zero attached hydrogens (tertiary/aromatic N) is 2. The number of benzene rings is 1. The van der Waals surface area contributed by atoms with Crippen molar-refractivity contribution < 1.29 is 19.1 Å². The van der Waals surface area contributed by atoms with Crippen LogP contribution in [-0.4, -0.2) is 54.8 Å². The van der Waals surface area contributed by atoms with Crippen molar-refractivity contribution in [3.8, 4) is 5.75 Å². The lowest BCUT2D eigenvalue weighted by Gasteiger charge is -2.29. The molecule has 3 aliphatic heterocycles. The molecule has 2 aromatic rings. The van der Waals surface area contributed by atoms with Crippen molar-refractivity contribution >= 4 is 29.1 Å². The minimum atomic E-state index is -1.03. The summed E-state index contributed by atoms with van der Waals surface area (Å²) in [6, 6.07) is 7.54. The van der Waals surface area contributed by atoms with E-state index in [0.717, 1.165) is 30.0 Å². The predicted octanol–water partition coefficient (Wildman–Crippen LogP) is 1.68. The van der Waals surface area contributed by atoms with Gasteiger partial charge in [0.15, 0.2) is 0 Å². The summed E-state index contributed by atoms with van der Waals surface area (Å²) in [5, 5.41) is 2.48. The molecule has 0 unspecified atom stereocenters. The lowest BCUT2D eigenvalue weighted by atomic mass is 9.83. The van der Waals surface area contributed by atoms with Gasteiger partial charge in [-0.2, -0.15) is 0 Å². The molecule has 1 fully saturated rings. The molecule has 7 nitrogen and oxygen atoms in total. The van der Waals surface area contributed by atoms with Gasteiger partial charge in [0.2, 0.25) is 11.8 Å². The van der Waals surface area contributed by atoms with Gasteiger partial charge in [0.25, 0.3) is 5.91 Å². The highest BCUT2D eigenvalue weighted by Crippen LogP contribution is 2.42. The zero-order valence-electron chi connectivity index (χ0n) is 17.0. The van der Waals surface area contributed by atoms with Crippen molar-refractivity contribution in [2.75, 3.05) is 27.2 Å². The molecule has 8 heteroatoms. The van der Waals surface area contributed by atoms with Gasteiger partial charge < -0.3 is 14.5 Å².